The van der Waals surface area contributed by atoms with Crippen LogP contribution in [0.15, 0.2) is 54.6 Å². The molecule has 0 aliphatic carbocycles. The summed E-state index contributed by atoms with van der Waals surface area (Å²) < 4.78 is 6.60. The smallest absolute Gasteiger partial charge is 0.272 e. The lowest BCUT2D eigenvalue weighted by Gasteiger charge is -2.33. The zero-order chi connectivity index (χ0) is 17.8. The number of benzene rings is 2. The van der Waals surface area contributed by atoms with Gasteiger partial charge < -0.3 is 4.43 Å². The molecule has 1 nitrogen and oxygen atoms in total. The molecule has 1 atom stereocenters. The fraction of sp³-hybridized carbons (Fsp3) is 0.455. The lowest BCUT2D eigenvalue weighted by molar-refractivity contribution is 0.498. The standard InChI is InChI=1S/C22H32OSi/c1-7-21(3,4)18-13-12-16-20(17-18)24(22(5,6)8-2)23-19-14-10-9-11-15-19/h9-17,24H,7-8H2,1-6H3. The largest absolute Gasteiger partial charge is 0.541 e. The Balaban J connectivity index is 2.43. The van der Waals surface area contributed by atoms with Gasteiger partial charge in [-0.05, 0) is 39.8 Å². The minimum atomic E-state index is -1.64. The van der Waals surface area contributed by atoms with E-state index < -0.39 is 9.04 Å². The molecule has 2 heteroatoms. The quantitative estimate of drug-likeness (QED) is 0.598. The van der Waals surface area contributed by atoms with Crippen LogP contribution in [0.2, 0.25) is 5.04 Å². The summed E-state index contributed by atoms with van der Waals surface area (Å²) in [6, 6.07) is 19.4. The normalized spacial score (nSPS) is 13.6. The summed E-state index contributed by atoms with van der Waals surface area (Å²) in [5.74, 6) is 0.996. The second kappa shape index (κ2) is 7.56. The monoisotopic (exact) mass is 340 g/mol. The molecule has 24 heavy (non-hydrogen) atoms. The van der Waals surface area contributed by atoms with Gasteiger partial charge in [0.25, 0.3) is 9.04 Å². The summed E-state index contributed by atoms with van der Waals surface area (Å²) >= 11 is 0. The van der Waals surface area contributed by atoms with Crippen molar-refractivity contribution in [3.05, 3.63) is 60.2 Å². The molecule has 2 rings (SSSR count). The molecule has 0 aliphatic rings. The molecular weight excluding hydrogens is 308 g/mol. The predicted molar refractivity (Wildman–Crippen MR) is 108 cm³/mol. The van der Waals surface area contributed by atoms with Crippen molar-refractivity contribution < 1.29 is 4.43 Å². The van der Waals surface area contributed by atoms with Crippen LogP contribution in [0.1, 0.15) is 59.9 Å². The van der Waals surface area contributed by atoms with Crippen LogP contribution in [-0.4, -0.2) is 9.04 Å². The van der Waals surface area contributed by atoms with Gasteiger partial charge in [-0.1, -0.05) is 90.4 Å². The van der Waals surface area contributed by atoms with Crippen molar-refractivity contribution in [2.24, 2.45) is 0 Å². The molecule has 2 aromatic carbocycles. The van der Waals surface area contributed by atoms with E-state index in [4.69, 9.17) is 4.43 Å². The fourth-order valence-electron chi connectivity index (χ4n) is 2.83. The summed E-state index contributed by atoms with van der Waals surface area (Å²) in [6.07, 6.45) is 2.26. The molecule has 0 spiro atoms. The zero-order valence-corrected chi connectivity index (χ0v) is 17.3. The average molecular weight is 341 g/mol. The first kappa shape index (κ1) is 18.8. The van der Waals surface area contributed by atoms with Gasteiger partial charge in [0.05, 0.1) is 0 Å². The van der Waals surface area contributed by atoms with Gasteiger partial charge in [-0.2, -0.15) is 0 Å². The van der Waals surface area contributed by atoms with E-state index in [9.17, 15) is 0 Å². The highest BCUT2D eigenvalue weighted by Gasteiger charge is 2.35. The molecule has 0 amide bonds. The van der Waals surface area contributed by atoms with Gasteiger partial charge in [-0.3, -0.25) is 0 Å². The van der Waals surface area contributed by atoms with Gasteiger partial charge in [-0.25, -0.2) is 0 Å². The molecule has 0 saturated carbocycles. The van der Waals surface area contributed by atoms with E-state index in [1.807, 2.05) is 6.07 Å². The summed E-state index contributed by atoms with van der Waals surface area (Å²) in [5.41, 5.74) is 1.63. The SMILES string of the molecule is CCC(C)(C)c1cccc([SiH](Oc2ccccc2)C(C)(C)CC)c1. The minimum Gasteiger partial charge on any atom is -0.541 e. The van der Waals surface area contributed by atoms with Gasteiger partial charge in [0, 0.05) is 0 Å². The highest BCUT2D eigenvalue weighted by atomic mass is 28.3. The van der Waals surface area contributed by atoms with Crippen molar-refractivity contribution in [1.82, 2.24) is 0 Å². The third-order valence-corrected chi connectivity index (χ3v) is 8.77. The van der Waals surface area contributed by atoms with Crippen molar-refractivity contribution >= 4 is 14.2 Å². The first-order valence-electron chi connectivity index (χ1n) is 9.12. The molecule has 0 aromatic heterocycles. The van der Waals surface area contributed by atoms with E-state index in [2.05, 4.69) is 90.1 Å². The summed E-state index contributed by atoms with van der Waals surface area (Å²) in [5, 5.41) is 1.61. The third kappa shape index (κ3) is 4.30. The predicted octanol–water partition coefficient (Wildman–Crippen LogP) is 5.57. The minimum absolute atomic E-state index is 0.199. The number of rotatable bonds is 7. The zero-order valence-electron chi connectivity index (χ0n) is 16.1. The van der Waals surface area contributed by atoms with E-state index in [-0.39, 0.29) is 10.5 Å². The summed E-state index contributed by atoms with van der Waals surface area (Å²) in [4.78, 5) is 0. The van der Waals surface area contributed by atoms with E-state index in [0.717, 1.165) is 18.6 Å². The van der Waals surface area contributed by atoms with Gasteiger partial charge in [-0.15, -0.1) is 0 Å². The Bertz CT molecular complexity index is 646. The van der Waals surface area contributed by atoms with Crippen LogP contribution in [0.3, 0.4) is 0 Å². The van der Waals surface area contributed by atoms with Crippen molar-refractivity contribution in [3.63, 3.8) is 0 Å². The second-order valence-corrected chi connectivity index (χ2v) is 11.2. The fourth-order valence-corrected chi connectivity index (χ4v) is 5.60. The molecule has 1 unspecified atom stereocenters. The molecular formula is C22H32OSi. The van der Waals surface area contributed by atoms with Gasteiger partial charge in [0.2, 0.25) is 0 Å². The highest BCUT2D eigenvalue weighted by Crippen LogP contribution is 2.34. The maximum atomic E-state index is 6.60. The van der Waals surface area contributed by atoms with Gasteiger partial charge in [0.1, 0.15) is 5.75 Å². The van der Waals surface area contributed by atoms with E-state index in [1.54, 1.807) is 0 Å². The Morgan fingerprint density at radius 2 is 1.50 bits per heavy atom. The molecule has 0 N–H and O–H groups in total. The van der Waals surface area contributed by atoms with E-state index in [0.29, 0.717) is 0 Å². The molecule has 0 saturated heterocycles. The Morgan fingerprint density at radius 3 is 2.08 bits per heavy atom. The summed E-state index contributed by atoms with van der Waals surface area (Å²) in [6.45, 7) is 13.9. The Labute approximate surface area is 149 Å². The van der Waals surface area contributed by atoms with Crippen molar-refractivity contribution in [3.8, 4) is 5.75 Å². The third-order valence-electron chi connectivity index (χ3n) is 5.47. The maximum absolute atomic E-state index is 6.60. The molecule has 0 radical (unpaired) electrons. The molecule has 0 fully saturated rings. The van der Waals surface area contributed by atoms with Gasteiger partial charge in [0.15, 0.2) is 0 Å². The van der Waals surface area contributed by atoms with Crippen LogP contribution < -0.4 is 9.61 Å². The van der Waals surface area contributed by atoms with Crippen LogP contribution in [0.25, 0.3) is 0 Å². The first-order valence-corrected chi connectivity index (χ1v) is 10.7. The Hall–Kier alpha value is -1.54. The molecule has 0 aliphatic heterocycles. The van der Waals surface area contributed by atoms with E-state index in [1.165, 1.54) is 10.8 Å². The number of hydrogen-bond donors (Lipinski definition) is 0. The van der Waals surface area contributed by atoms with Crippen LogP contribution in [0, 0.1) is 0 Å². The average Bonchev–Trinajstić information content (AvgIpc) is 2.60. The Kier molecular flexibility index (Phi) is 5.92. The molecule has 0 heterocycles. The van der Waals surface area contributed by atoms with Crippen LogP contribution in [0.5, 0.6) is 5.75 Å². The van der Waals surface area contributed by atoms with Crippen molar-refractivity contribution in [2.75, 3.05) is 0 Å². The van der Waals surface area contributed by atoms with Crippen molar-refractivity contribution in [1.29, 1.82) is 0 Å². The lowest BCUT2D eigenvalue weighted by atomic mass is 9.82. The first-order chi connectivity index (χ1) is 11.3. The summed E-state index contributed by atoms with van der Waals surface area (Å²) in [7, 11) is -1.64. The number of hydrogen-bond acceptors (Lipinski definition) is 1. The van der Waals surface area contributed by atoms with Crippen LogP contribution >= 0.6 is 0 Å². The molecule has 2 aromatic rings. The molecule has 130 valence electrons. The maximum Gasteiger partial charge on any atom is 0.272 e. The highest BCUT2D eigenvalue weighted by molar-refractivity contribution is 6.71. The Morgan fingerprint density at radius 1 is 0.833 bits per heavy atom. The van der Waals surface area contributed by atoms with Gasteiger partial charge >= 0.3 is 0 Å². The van der Waals surface area contributed by atoms with Crippen molar-refractivity contribution in [2.45, 2.75) is 64.8 Å². The second-order valence-electron chi connectivity index (χ2n) is 8.02. The van der Waals surface area contributed by atoms with E-state index >= 15 is 0 Å². The molecule has 0 bridgehead atoms. The topological polar surface area (TPSA) is 9.23 Å². The van der Waals surface area contributed by atoms with Crippen LogP contribution in [-0.2, 0) is 5.41 Å². The lowest BCUT2D eigenvalue weighted by Crippen LogP contribution is -2.45. The number of para-hydroxylation sites is 1. The van der Waals surface area contributed by atoms with Crippen LogP contribution in [0.4, 0.5) is 0 Å².